The van der Waals surface area contributed by atoms with Crippen molar-refractivity contribution in [3.05, 3.63) is 59.4 Å². The van der Waals surface area contributed by atoms with Gasteiger partial charge in [0, 0.05) is 24.5 Å². The van der Waals surface area contributed by atoms with Crippen molar-refractivity contribution in [1.29, 1.82) is 0 Å². The van der Waals surface area contributed by atoms with Gasteiger partial charge in [-0.05, 0) is 38.0 Å². The number of nitrogens with zero attached hydrogens (tertiary/aromatic N) is 2. The van der Waals surface area contributed by atoms with Crippen LogP contribution in [-0.4, -0.2) is 34.6 Å². The summed E-state index contributed by atoms with van der Waals surface area (Å²) in [4.78, 5) is 27.1. The van der Waals surface area contributed by atoms with E-state index in [9.17, 15) is 9.59 Å². The highest BCUT2D eigenvalue weighted by atomic mass is 16.5. The van der Waals surface area contributed by atoms with Crippen LogP contribution in [0.2, 0.25) is 0 Å². The number of hydrogen-bond acceptors (Lipinski definition) is 3. The third-order valence-electron chi connectivity index (χ3n) is 5.34. The van der Waals surface area contributed by atoms with E-state index in [1.807, 2.05) is 35.2 Å². The minimum Gasteiger partial charge on any atom is -0.466 e. The third kappa shape index (κ3) is 4.21. The summed E-state index contributed by atoms with van der Waals surface area (Å²) in [6, 6.07) is 13.3. The van der Waals surface area contributed by atoms with Gasteiger partial charge in [0.25, 0.3) is 0 Å². The molecule has 6 nitrogen and oxygen atoms in total. The molecule has 150 valence electrons. The summed E-state index contributed by atoms with van der Waals surface area (Å²) in [5.74, 6) is -0.313. The number of rotatable bonds is 6. The van der Waals surface area contributed by atoms with Gasteiger partial charge < -0.3 is 19.5 Å². The van der Waals surface area contributed by atoms with Crippen LogP contribution in [0.4, 0.5) is 4.79 Å². The molecule has 28 heavy (non-hydrogen) atoms. The molecular weight excluding hydrogens is 354 g/mol. The number of carbonyl (C=O) groups excluding carboxylic acids is 2. The van der Waals surface area contributed by atoms with Crippen molar-refractivity contribution in [3.63, 3.8) is 0 Å². The van der Waals surface area contributed by atoms with Crippen LogP contribution in [0.25, 0.3) is 0 Å². The highest BCUT2D eigenvalue weighted by molar-refractivity contribution is 5.77. The summed E-state index contributed by atoms with van der Waals surface area (Å²) >= 11 is 0. The Kier molecular flexibility index (Phi) is 6.39. The molecule has 0 saturated carbocycles. The molecule has 6 heteroatoms. The largest absolute Gasteiger partial charge is 0.466 e. The first-order chi connectivity index (χ1) is 13.5. The third-order valence-corrected chi connectivity index (χ3v) is 5.34. The number of nitrogens with one attached hydrogen (secondary N) is 1. The zero-order valence-corrected chi connectivity index (χ0v) is 16.9. The van der Waals surface area contributed by atoms with Gasteiger partial charge in [-0.1, -0.05) is 37.3 Å². The number of amides is 2. The maximum Gasteiger partial charge on any atom is 0.318 e. The predicted octanol–water partition coefficient (Wildman–Crippen LogP) is 3.97. The number of aromatic nitrogens is 1. The van der Waals surface area contributed by atoms with Crippen molar-refractivity contribution < 1.29 is 14.3 Å². The molecule has 0 spiro atoms. The lowest BCUT2D eigenvalue weighted by Crippen LogP contribution is -2.48. The van der Waals surface area contributed by atoms with Crippen molar-refractivity contribution in [2.75, 3.05) is 13.2 Å². The Labute approximate surface area is 166 Å². The molecule has 0 bridgehead atoms. The Morgan fingerprint density at radius 1 is 1.14 bits per heavy atom. The van der Waals surface area contributed by atoms with E-state index < -0.39 is 6.04 Å². The molecule has 2 amide bonds. The number of hydrogen-bond donors (Lipinski definition) is 1. The number of esters is 1. The normalized spacial score (nSPS) is 17.0. The van der Waals surface area contributed by atoms with Crippen molar-refractivity contribution in [1.82, 2.24) is 14.8 Å². The van der Waals surface area contributed by atoms with Gasteiger partial charge >= 0.3 is 12.0 Å². The molecule has 0 fully saturated rings. The fraction of sp³-hybridized carbons (Fsp3) is 0.455. The quantitative estimate of drug-likeness (QED) is 0.768. The zero-order valence-electron chi connectivity index (χ0n) is 16.9. The van der Waals surface area contributed by atoms with Gasteiger partial charge in [0.05, 0.1) is 25.1 Å². The van der Waals surface area contributed by atoms with Gasteiger partial charge in [0.2, 0.25) is 0 Å². The van der Waals surface area contributed by atoms with Crippen LogP contribution in [0.5, 0.6) is 0 Å². The lowest BCUT2D eigenvalue weighted by Gasteiger charge is -2.38. The standard InChI is InChI=1S/C22H29N3O3/c1-4-19-20-12-11-16(3)24(20)13-14-25(19)22(27)23-18(15-21(26)28-5-2)17-9-7-6-8-10-17/h6-12,18-19H,4-5,13-15H2,1-3H3,(H,23,27)/t18-,19-/m1/s1. The van der Waals surface area contributed by atoms with Crippen molar-refractivity contribution in [2.24, 2.45) is 0 Å². The van der Waals surface area contributed by atoms with E-state index in [1.165, 1.54) is 11.4 Å². The first-order valence-corrected chi connectivity index (χ1v) is 9.98. The Bertz CT molecular complexity index is 816. The van der Waals surface area contributed by atoms with Gasteiger partial charge in [0.1, 0.15) is 0 Å². The van der Waals surface area contributed by atoms with E-state index in [4.69, 9.17) is 4.74 Å². The average molecular weight is 383 g/mol. The highest BCUT2D eigenvalue weighted by Gasteiger charge is 2.32. The summed E-state index contributed by atoms with van der Waals surface area (Å²) in [5, 5.41) is 3.07. The van der Waals surface area contributed by atoms with Crippen LogP contribution in [0.15, 0.2) is 42.5 Å². The second kappa shape index (κ2) is 8.95. The van der Waals surface area contributed by atoms with Crippen LogP contribution < -0.4 is 5.32 Å². The lowest BCUT2D eigenvalue weighted by atomic mass is 10.0. The monoisotopic (exact) mass is 383 g/mol. The molecule has 0 unspecified atom stereocenters. The van der Waals surface area contributed by atoms with Crippen LogP contribution in [0.1, 0.15) is 55.7 Å². The minimum atomic E-state index is -0.416. The second-order valence-electron chi connectivity index (χ2n) is 7.09. The van der Waals surface area contributed by atoms with Crippen LogP contribution in [-0.2, 0) is 16.1 Å². The fourth-order valence-electron chi connectivity index (χ4n) is 3.94. The van der Waals surface area contributed by atoms with E-state index in [0.29, 0.717) is 13.2 Å². The maximum atomic E-state index is 13.2. The molecule has 0 saturated heterocycles. The minimum absolute atomic E-state index is 0.0291. The van der Waals surface area contributed by atoms with Crippen molar-refractivity contribution in [3.8, 4) is 0 Å². The molecule has 1 aromatic heterocycles. The van der Waals surface area contributed by atoms with Gasteiger partial charge in [-0.25, -0.2) is 4.79 Å². The topological polar surface area (TPSA) is 63.6 Å². The molecule has 1 aliphatic heterocycles. The van der Waals surface area contributed by atoms with Crippen molar-refractivity contribution in [2.45, 2.75) is 52.2 Å². The first-order valence-electron chi connectivity index (χ1n) is 9.98. The van der Waals surface area contributed by atoms with Crippen LogP contribution >= 0.6 is 0 Å². The Balaban J connectivity index is 1.78. The number of carbonyl (C=O) groups is 2. The molecule has 2 heterocycles. The van der Waals surface area contributed by atoms with E-state index in [-0.39, 0.29) is 24.5 Å². The Morgan fingerprint density at radius 3 is 2.57 bits per heavy atom. The van der Waals surface area contributed by atoms with Crippen LogP contribution in [0.3, 0.4) is 0 Å². The number of fused-ring (bicyclic) bond motifs is 1. The van der Waals surface area contributed by atoms with E-state index >= 15 is 0 Å². The second-order valence-corrected chi connectivity index (χ2v) is 7.09. The number of urea groups is 1. The highest BCUT2D eigenvalue weighted by Crippen LogP contribution is 2.30. The zero-order chi connectivity index (χ0) is 20.1. The molecular formula is C22H29N3O3. The molecule has 3 rings (SSSR count). The molecule has 1 N–H and O–H groups in total. The summed E-state index contributed by atoms with van der Waals surface area (Å²) in [6.07, 6.45) is 0.953. The SMILES string of the molecule is CCOC(=O)C[C@@H](NC(=O)N1CCn2c(C)ccc2[C@H]1CC)c1ccccc1. The van der Waals surface area contributed by atoms with Gasteiger partial charge in [-0.15, -0.1) is 0 Å². The maximum absolute atomic E-state index is 13.2. The fourth-order valence-corrected chi connectivity index (χ4v) is 3.94. The first kappa shape index (κ1) is 20.0. The summed E-state index contributed by atoms with van der Waals surface area (Å²) in [5.41, 5.74) is 3.29. The molecule has 0 aliphatic carbocycles. The smallest absolute Gasteiger partial charge is 0.318 e. The molecule has 1 aromatic carbocycles. The Morgan fingerprint density at radius 2 is 1.89 bits per heavy atom. The van der Waals surface area contributed by atoms with Gasteiger partial charge in [0.15, 0.2) is 0 Å². The molecule has 2 aromatic rings. The number of aryl methyl sites for hydroxylation is 1. The summed E-state index contributed by atoms with van der Waals surface area (Å²) in [6.45, 7) is 7.73. The summed E-state index contributed by atoms with van der Waals surface area (Å²) in [7, 11) is 0. The summed E-state index contributed by atoms with van der Waals surface area (Å²) < 4.78 is 7.39. The van der Waals surface area contributed by atoms with Gasteiger partial charge in [-0.3, -0.25) is 4.79 Å². The number of ether oxygens (including phenoxy) is 1. The molecule has 1 aliphatic rings. The van der Waals surface area contributed by atoms with Gasteiger partial charge in [-0.2, -0.15) is 0 Å². The van der Waals surface area contributed by atoms with Crippen molar-refractivity contribution >= 4 is 12.0 Å². The lowest BCUT2D eigenvalue weighted by molar-refractivity contribution is -0.143. The van der Waals surface area contributed by atoms with E-state index in [1.54, 1.807) is 6.92 Å². The predicted molar refractivity (Wildman–Crippen MR) is 108 cm³/mol. The van der Waals surface area contributed by atoms with Crippen LogP contribution in [0, 0.1) is 6.92 Å². The molecule has 0 radical (unpaired) electrons. The average Bonchev–Trinajstić information content (AvgIpc) is 3.08. The van der Waals surface area contributed by atoms with E-state index in [0.717, 1.165) is 18.5 Å². The van der Waals surface area contributed by atoms with E-state index in [2.05, 4.69) is 35.9 Å². The number of benzene rings is 1. The molecule has 2 atom stereocenters. The Hall–Kier alpha value is -2.76.